The van der Waals surface area contributed by atoms with Gasteiger partial charge in [-0.05, 0) is 30.4 Å². The number of aryl methyl sites for hydroxylation is 2. The summed E-state index contributed by atoms with van der Waals surface area (Å²) in [7, 11) is 1.86. The molecule has 5 nitrogen and oxygen atoms in total. The summed E-state index contributed by atoms with van der Waals surface area (Å²) < 4.78 is 1.74. The molecule has 3 rings (SSSR count). The van der Waals surface area contributed by atoms with Gasteiger partial charge in [-0.1, -0.05) is 19.9 Å². The average molecular weight is 328 g/mol. The number of rotatable bonds is 4. The predicted molar refractivity (Wildman–Crippen MR) is 92.8 cm³/mol. The van der Waals surface area contributed by atoms with Crippen molar-refractivity contribution >= 4 is 28.3 Å². The second-order valence-electron chi connectivity index (χ2n) is 5.92. The van der Waals surface area contributed by atoms with Gasteiger partial charge in [-0.15, -0.1) is 11.3 Å². The maximum absolute atomic E-state index is 12.7. The second kappa shape index (κ2) is 6.12. The van der Waals surface area contributed by atoms with Crippen molar-refractivity contribution in [1.29, 1.82) is 0 Å². The van der Waals surface area contributed by atoms with Crippen LogP contribution in [0.4, 0.5) is 0 Å². The zero-order valence-electron chi connectivity index (χ0n) is 13.8. The van der Waals surface area contributed by atoms with Crippen molar-refractivity contribution in [3.63, 3.8) is 0 Å². The summed E-state index contributed by atoms with van der Waals surface area (Å²) in [5, 5.41) is 10.3. The highest BCUT2D eigenvalue weighted by Gasteiger charge is 2.19. The molecule has 0 spiro atoms. The van der Waals surface area contributed by atoms with Crippen LogP contribution in [-0.4, -0.2) is 20.7 Å². The maximum atomic E-state index is 12.7. The second-order valence-corrected chi connectivity index (χ2v) is 6.95. The first kappa shape index (κ1) is 15.7. The van der Waals surface area contributed by atoms with Crippen LogP contribution in [0, 0.1) is 6.92 Å². The third kappa shape index (κ3) is 2.99. The van der Waals surface area contributed by atoms with Crippen LogP contribution in [0.3, 0.4) is 0 Å². The minimum absolute atomic E-state index is 0.0798. The highest BCUT2D eigenvalue weighted by atomic mass is 32.1. The summed E-state index contributed by atoms with van der Waals surface area (Å²) in [5.74, 6) is 0.169. The number of carbonyl (C=O) groups excluding carboxylic acids is 1. The summed E-state index contributed by atoms with van der Waals surface area (Å²) in [6.07, 6.45) is 0. The van der Waals surface area contributed by atoms with Gasteiger partial charge in [0, 0.05) is 17.6 Å². The van der Waals surface area contributed by atoms with Crippen molar-refractivity contribution in [3.05, 3.63) is 45.4 Å². The van der Waals surface area contributed by atoms with Gasteiger partial charge < -0.3 is 5.32 Å². The van der Waals surface area contributed by atoms with Crippen LogP contribution in [0.15, 0.2) is 23.6 Å². The lowest BCUT2D eigenvalue weighted by Gasteiger charge is -2.10. The summed E-state index contributed by atoms with van der Waals surface area (Å²) in [5.41, 5.74) is 3.14. The molecule has 0 aliphatic rings. The number of aromatic nitrogens is 3. The van der Waals surface area contributed by atoms with Crippen molar-refractivity contribution in [2.75, 3.05) is 0 Å². The number of fused-ring (bicyclic) bond motifs is 1. The molecule has 6 heteroatoms. The highest BCUT2D eigenvalue weighted by molar-refractivity contribution is 7.09. The zero-order valence-corrected chi connectivity index (χ0v) is 14.6. The number of carbonyl (C=O) groups is 1. The Kier molecular flexibility index (Phi) is 4.17. The van der Waals surface area contributed by atoms with Gasteiger partial charge in [-0.2, -0.15) is 5.10 Å². The van der Waals surface area contributed by atoms with Crippen LogP contribution in [-0.2, 0) is 13.6 Å². The number of nitrogens with one attached hydrogen (secondary N) is 1. The molecule has 0 radical (unpaired) electrons. The molecule has 1 N–H and O–H groups in total. The molecule has 0 saturated heterocycles. The molecule has 3 aromatic heterocycles. The van der Waals surface area contributed by atoms with E-state index in [-0.39, 0.29) is 11.8 Å². The monoisotopic (exact) mass is 328 g/mol. The van der Waals surface area contributed by atoms with Gasteiger partial charge in [-0.25, -0.2) is 4.98 Å². The van der Waals surface area contributed by atoms with Gasteiger partial charge in [0.15, 0.2) is 5.65 Å². The van der Waals surface area contributed by atoms with E-state index in [1.54, 1.807) is 16.0 Å². The molecular weight excluding hydrogens is 308 g/mol. The normalized spacial score (nSPS) is 11.3. The first-order chi connectivity index (χ1) is 11.0. The number of hydrogen-bond acceptors (Lipinski definition) is 4. The van der Waals surface area contributed by atoms with Crippen LogP contribution in [0.25, 0.3) is 11.0 Å². The molecule has 0 fully saturated rings. The zero-order chi connectivity index (χ0) is 16.6. The van der Waals surface area contributed by atoms with Gasteiger partial charge in [0.05, 0.1) is 23.2 Å². The molecule has 0 unspecified atom stereocenters. The minimum atomic E-state index is -0.0798. The van der Waals surface area contributed by atoms with Crippen molar-refractivity contribution in [1.82, 2.24) is 20.1 Å². The van der Waals surface area contributed by atoms with Gasteiger partial charge in [0.25, 0.3) is 5.91 Å². The van der Waals surface area contributed by atoms with Gasteiger partial charge in [-0.3, -0.25) is 9.48 Å². The molecule has 0 atom stereocenters. The molecule has 0 saturated carbocycles. The molecule has 3 heterocycles. The quantitative estimate of drug-likeness (QED) is 0.798. The van der Waals surface area contributed by atoms with Crippen LogP contribution in [0.2, 0.25) is 0 Å². The molecule has 3 aromatic rings. The molecule has 0 aliphatic carbocycles. The van der Waals surface area contributed by atoms with E-state index < -0.39 is 0 Å². The Labute approximate surface area is 139 Å². The van der Waals surface area contributed by atoms with Crippen molar-refractivity contribution in [3.8, 4) is 0 Å². The molecule has 1 amide bonds. The largest absolute Gasteiger partial charge is 0.347 e. The Morgan fingerprint density at radius 2 is 2.22 bits per heavy atom. The first-order valence-corrected chi connectivity index (χ1v) is 8.50. The van der Waals surface area contributed by atoms with Crippen molar-refractivity contribution in [2.45, 2.75) is 33.2 Å². The maximum Gasteiger partial charge on any atom is 0.252 e. The van der Waals surface area contributed by atoms with Crippen molar-refractivity contribution < 1.29 is 4.79 Å². The van der Waals surface area contributed by atoms with E-state index in [2.05, 4.69) is 29.2 Å². The molecule has 0 aromatic carbocycles. The molecule has 23 heavy (non-hydrogen) atoms. The van der Waals surface area contributed by atoms with E-state index in [4.69, 9.17) is 0 Å². The lowest BCUT2D eigenvalue weighted by atomic mass is 10.0. The van der Waals surface area contributed by atoms with E-state index in [0.717, 1.165) is 27.3 Å². The van der Waals surface area contributed by atoms with Gasteiger partial charge in [0.1, 0.15) is 0 Å². The van der Waals surface area contributed by atoms with E-state index in [1.165, 1.54) is 0 Å². The Bertz CT molecular complexity index is 849. The van der Waals surface area contributed by atoms with E-state index in [0.29, 0.717) is 12.1 Å². The highest BCUT2D eigenvalue weighted by Crippen LogP contribution is 2.25. The van der Waals surface area contributed by atoms with Crippen LogP contribution in [0.5, 0.6) is 0 Å². The SMILES string of the molecule is Cc1nn(C)c2nc(C(C)C)cc(C(=O)NCc3cccs3)c12. The van der Waals surface area contributed by atoms with Crippen LogP contribution in [0.1, 0.15) is 46.4 Å². The summed E-state index contributed by atoms with van der Waals surface area (Å²) in [4.78, 5) is 18.5. The number of pyridine rings is 1. The average Bonchev–Trinajstić information content (AvgIpc) is 3.13. The van der Waals surface area contributed by atoms with Gasteiger partial charge >= 0.3 is 0 Å². The Morgan fingerprint density at radius 3 is 2.87 bits per heavy atom. The Morgan fingerprint density at radius 1 is 1.43 bits per heavy atom. The standard InChI is InChI=1S/C17H20N4OS/c1-10(2)14-8-13(15-11(3)20-21(4)16(15)19-14)17(22)18-9-12-6-5-7-23-12/h5-8,10H,9H2,1-4H3,(H,18,22). The summed E-state index contributed by atoms with van der Waals surface area (Å²) in [6, 6.07) is 5.90. The Hall–Kier alpha value is -2.21. The number of amides is 1. The van der Waals surface area contributed by atoms with E-state index >= 15 is 0 Å². The fourth-order valence-electron chi connectivity index (χ4n) is 2.61. The number of thiophene rings is 1. The van der Waals surface area contributed by atoms with E-state index in [1.807, 2.05) is 37.6 Å². The summed E-state index contributed by atoms with van der Waals surface area (Å²) in [6.45, 7) is 6.60. The molecule has 120 valence electrons. The lowest BCUT2D eigenvalue weighted by Crippen LogP contribution is -2.23. The minimum Gasteiger partial charge on any atom is -0.347 e. The lowest BCUT2D eigenvalue weighted by molar-refractivity contribution is 0.0952. The molecule has 0 aliphatic heterocycles. The predicted octanol–water partition coefficient (Wildman–Crippen LogP) is 3.39. The smallest absolute Gasteiger partial charge is 0.252 e. The summed E-state index contributed by atoms with van der Waals surface area (Å²) >= 11 is 1.64. The van der Waals surface area contributed by atoms with Gasteiger partial charge in [0.2, 0.25) is 0 Å². The number of nitrogens with zero attached hydrogens (tertiary/aromatic N) is 3. The first-order valence-electron chi connectivity index (χ1n) is 7.62. The fourth-order valence-corrected chi connectivity index (χ4v) is 3.26. The third-order valence-corrected chi connectivity index (χ3v) is 4.70. The third-order valence-electron chi connectivity index (χ3n) is 3.83. The van der Waals surface area contributed by atoms with Crippen LogP contribution < -0.4 is 5.32 Å². The molecular formula is C17H20N4OS. The van der Waals surface area contributed by atoms with Crippen molar-refractivity contribution in [2.24, 2.45) is 7.05 Å². The molecule has 0 bridgehead atoms. The van der Waals surface area contributed by atoms with Crippen LogP contribution >= 0.6 is 11.3 Å². The van der Waals surface area contributed by atoms with E-state index in [9.17, 15) is 4.79 Å². The topological polar surface area (TPSA) is 59.8 Å². The fraction of sp³-hybridized carbons (Fsp3) is 0.353. The number of hydrogen-bond donors (Lipinski definition) is 1. The Balaban J connectivity index is 2.02.